The summed E-state index contributed by atoms with van der Waals surface area (Å²) in [5, 5.41) is 2.92. The standard InChI is InChI=1S/C12H18N2O/c1-9-5-3-4-6-11(9)10(2)14-12(15)7-8-13/h3-6,10H,7-8,13H2,1-2H3,(H,14,15). The van der Waals surface area contributed by atoms with Crippen LogP contribution in [0.2, 0.25) is 0 Å². The predicted molar refractivity (Wildman–Crippen MR) is 61.4 cm³/mol. The van der Waals surface area contributed by atoms with Crippen molar-refractivity contribution >= 4 is 5.91 Å². The number of hydrogen-bond donors (Lipinski definition) is 2. The van der Waals surface area contributed by atoms with E-state index in [0.29, 0.717) is 13.0 Å². The summed E-state index contributed by atoms with van der Waals surface area (Å²) in [5.74, 6) is 0.00764. The van der Waals surface area contributed by atoms with Crippen LogP contribution in [0.4, 0.5) is 0 Å². The van der Waals surface area contributed by atoms with E-state index < -0.39 is 0 Å². The van der Waals surface area contributed by atoms with E-state index in [2.05, 4.69) is 5.32 Å². The van der Waals surface area contributed by atoms with Crippen molar-refractivity contribution in [2.75, 3.05) is 6.54 Å². The molecule has 3 nitrogen and oxygen atoms in total. The van der Waals surface area contributed by atoms with E-state index in [1.807, 2.05) is 38.1 Å². The maximum atomic E-state index is 11.3. The highest BCUT2D eigenvalue weighted by Crippen LogP contribution is 2.16. The first-order chi connectivity index (χ1) is 7.15. The van der Waals surface area contributed by atoms with Crippen LogP contribution in [0.1, 0.15) is 30.5 Å². The molecule has 0 aliphatic rings. The molecule has 3 N–H and O–H groups in total. The van der Waals surface area contributed by atoms with Crippen molar-refractivity contribution in [2.24, 2.45) is 5.73 Å². The second kappa shape index (κ2) is 5.51. The van der Waals surface area contributed by atoms with Gasteiger partial charge in [-0.3, -0.25) is 4.79 Å². The Balaban J connectivity index is 2.65. The molecule has 1 atom stereocenters. The quantitative estimate of drug-likeness (QED) is 0.784. The zero-order valence-corrected chi connectivity index (χ0v) is 9.29. The topological polar surface area (TPSA) is 55.1 Å². The number of amides is 1. The van der Waals surface area contributed by atoms with Gasteiger partial charge in [-0.1, -0.05) is 24.3 Å². The van der Waals surface area contributed by atoms with E-state index in [0.717, 1.165) is 5.56 Å². The molecule has 0 saturated carbocycles. The van der Waals surface area contributed by atoms with E-state index in [9.17, 15) is 4.79 Å². The summed E-state index contributed by atoms with van der Waals surface area (Å²) in [4.78, 5) is 11.3. The summed E-state index contributed by atoms with van der Waals surface area (Å²) in [6.07, 6.45) is 0.385. The van der Waals surface area contributed by atoms with Gasteiger partial charge in [0.05, 0.1) is 6.04 Å². The highest BCUT2D eigenvalue weighted by molar-refractivity contribution is 5.76. The molecule has 0 spiro atoms. The molecular weight excluding hydrogens is 188 g/mol. The van der Waals surface area contributed by atoms with Gasteiger partial charge in [0.1, 0.15) is 0 Å². The minimum Gasteiger partial charge on any atom is -0.350 e. The molecule has 82 valence electrons. The summed E-state index contributed by atoms with van der Waals surface area (Å²) in [7, 11) is 0. The Labute approximate surface area is 90.7 Å². The first kappa shape index (κ1) is 11.7. The van der Waals surface area contributed by atoms with Crippen molar-refractivity contribution in [3.63, 3.8) is 0 Å². The first-order valence-electron chi connectivity index (χ1n) is 5.20. The largest absolute Gasteiger partial charge is 0.350 e. The monoisotopic (exact) mass is 206 g/mol. The molecule has 15 heavy (non-hydrogen) atoms. The predicted octanol–water partition coefficient (Wildman–Crippen LogP) is 1.52. The zero-order chi connectivity index (χ0) is 11.3. The van der Waals surface area contributed by atoms with Gasteiger partial charge in [-0.15, -0.1) is 0 Å². The molecular formula is C12H18N2O. The third-order valence-electron chi connectivity index (χ3n) is 2.40. The van der Waals surface area contributed by atoms with Gasteiger partial charge in [-0.05, 0) is 25.0 Å². The van der Waals surface area contributed by atoms with E-state index in [-0.39, 0.29) is 11.9 Å². The molecule has 0 fully saturated rings. The van der Waals surface area contributed by atoms with Gasteiger partial charge >= 0.3 is 0 Å². The van der Waals surface area contributed by atoms with Crippen LogP contribution in [0.5, 0.6) is 0 Å². The molecule has 1 rings (SSSR count). The number of aryl methyl sites for hydroxylation is 1. The number of nitrogens with one attached hydrogen (secondary N) is 1. The summed E-state index contributed by atoms with van der Waals surface area (Å²) in [6.45, 7) is 4.42. The molecule has 1 unspecified atom stereocenters. The highest BCUT2D eigenvalue weighted by atomic mass is 16.1. The van der Waals surface area contributed by atoms with Crippen molar-refractivity contribution in [1.82, 2.24) is 5.32 Å². The van der Waals surface area contributed by atoms with E-state index in [1.165, 1.54) is 5.56 Å². The lowest BCUT2D eigenvalue weighted by Crippen LogP contribution is -2.28. The van der Waals surface area contributed by atoms with E-state index >= 15 is 0 Å². The van der Waals surface area contributed by atoms with Crippen molar-refractivity contribution in [2.45, 2.75) is 26.3 Å². The normalized spacial score (nSPS) is 12.2. The van der Waals surface area contributed by atoms with Crippen molar-refractivity contribution in [3.8, 4) is 0 Å². The maximum Gasteiger partial charge on any atom is 0.221 e. The van der Waals surface area contributed by atoms with Crippen molar-refractivity contribution < 1.29 is 4.79 Å². The minimum atomic E-state index is 0.00764. The van der Waals surface area contributed by atoms with Crippen LogP contribution in [0.3, 0.4) is 0 Å². The van der Waals surface area contributed by atoms with Crippen LogP contribution in [0.15, 0.2) is 24.3 Å². The van der Waals surface area contributed by atoms with Crippen LogP contribution in [-0.2, 0) is 4.79 Å². The molecule has 1 aromatic carbocycles. The average Bonchev–Trinajstić information content (AvgIpc) is 2.18. The SMILES string of the molecule is Cc1ccccc1C(C)NC(=O)CCN. The Morgan fingerprint density at radius 2 is 2.13 bits per heavy atom. The second-order valence-electron chi connectivity index (χ2n) is 3.68. The lowest BCUT2D eigenvalue weighted by molar-refractivity contribution is -0.121. The Hall–Kier alpha value is -1.35. The number of carbonyl (C=O) groups excluding carboxylic acids is 1. The fraction of sp³-hybridized carbons (Fsp3) is 0.417. The number of nitrogens with two attached hydrogens (primary N) is 1. The van der Waals surface area contributed by atoms with Gasteiger partial charge in [0.2, 0.25) is 5.91 Å². The van der Waals surface area contributed by atoms with Gasteiger partial charge in [-0.25, -0.2) is 0 Å². The average molecular weight is 206 g/mol. The fourth-order valence-electron chi connectivity index (χ4n) is 1.60. The molecule has 0 aliphatic heterocycles. The summed E-state index contributed by atoms with van der Waals surface area (Å²) < 4.78 is 0. The maximum absolute atomic E-state index is 11.3. The van der Waals surface area contributed by atoms with Crippen LogP contribution in [-0.4, -0.2) is 12.5 Å². The van der Waals surface area contributed by atoms with Gasteiger partial charge < -0.3 is 11.1 Å². The lowest BCUT2D eigenvalue weighted by atomic mass is 10.0. The molecule has 1 aromatic rings. The van der Waals surface area contributed by atoms with Gasteiger partial charge in [-0.2, -0.15) is 0 Å². The first-order valence-corrected chi connectivity index (χ1v) is 5.20. The van der Waals surface area contributed by atoms with Crippen molar-refractivity contribution in [1.29, 1.82) is 0 Å². The summed E-state index contributed by atoms with van der Waals surface area (Å²) in [6, 6.07) is 8.09. The molecule has 0 aliphatic carbocycles. The van der Waals surface area contributed by atoms with Crippen LogP contribution in [0, 0.1) is 6.92 Å². The fourth-order valence-corrected chi connectivity index (χ4v) is 1.60. The number of benzene rings is 1. The van der Waals surface area contributed by atoms with Crippen LogP contribution in [0.25, 0.3) is 0 Å². The summed E-state index contributed by atoms with van der Waals surface area (Å²) in [5.41, 5.74) is 7.66. The number of carbonyl (C=O) groups is 1. The molecule has 0 aromatic heterocycles. The smallest absolute Gasteiger partial charge is 0.221 e. The van der Waals surface area contributed by atoms with Crippen LogP contribution < -0.4 is 11.1 Å². The molecule has 1 amide bonds. The van der Waals surface area contributed by atoms with Crippen LogP contribution >= 0.6 is 0 Å². The minimum absolute atomic E-state index is 0.00764. The zero-order valence-electron chi connectivity index (χ0n) is 9.29. The molecule has 0 heterocycles. The Kier molecular flexibility index (Phi) is 4.31. The van der Waals surface area contributed by atoms with Crippen molar-refractivity contribution in [3.05, 3.63) is 35.4 Å². The Morgan fingerprint density at radius 3 is 2.73 bits per heavy atom. The molecule has 0 saturated heterocycles. The number of hydrogen-bond acceptors (Lipinski definition) is 2. The Morgan fingerprint density at radius 1 is 1.47 bits per heavy atom. The van der Waals surface area contributed by atoms with E-state index in [4.69, 9.17) is 5.73 Å². The number of rotatable bonds is 4. The summed E-state index contributed by atoms with van der Waals surface area (Å²) >= 11 is 0. The lowest BCUT2D eigenvalue weighted by Gasteiger charge is -2.16. The van der Waals surface area contributed by atoms with E-state index in [1.54, 1.807) is 0 Å². The van der Waals surface area contributed by atoms with Gasteiger partial charge in [0, 0.05) is 13.0 Å². The Bertz CT molecular complexity index is 336. The molecule has 3 heteroatoms. The highest BCUT2D eigenvalue weighted by Gasteiger charge is 2.09. The van der Waals surface area contributed by atoms with Gasteiger partial charge in [0.25, 0.3) is 0 Å². The third-order valence-corrected chi connectivity index (χ3v) is 2.40. The molecule has 0 radical (unpaired) electrons. The third kappa shape index (κ3) is 3.36. The molecule has 0 bridgehead atoms. The second-order valence-corrected chi connectivity index (χ2v) is 3.68. The van der Waals surface area contributed by atoms with Gasteiger partial charge in [0.15, 0.2) is 0 Å².